The van der Waals surface area contributed by atoms with Crippen LogP contribution in [0.3, 0.4) is 0 Å². The van der Waals surface area contributed by atoms with Crippen molar-refractivity contribution in [2.75, 3.05) is 19.7 Å². The molecule has 0 atom stereocenters. The smallest absolute Gasteiger partial charge is 0.433 e. The molecule has 1 aliphatic heterocycles. The van der Waals surface area contributed by atoms with E-state index in [0.717, 1.165) is 12.3 Å². The molecule has 0 bridgehead atoms. The van der Waals surface area contributed by atoms with Gasteiger partial charge in [-0.05, 0) is 30.9 Å². The van der Waals surface area contributed by atoms with Crippen LogP contribution in [0.15, 0.2) is 36.7 Å². The number of carbonyl (C=O) groups excluding carboxylic acids is 1. The normalized spacial score (nSPS) is 15.6. The zero-order chi connectivity index (χ0) is 19.4. The van der Waals surface area contributed by atoms with Crippen molar-refractivity contribution < 1.29 is 27.1 Å². The number of halogens is 4. The second kappa shape index (κ2) is 7.89. The molecule has 9 heteroatoms. The van der Waals surface area contributed by atoms with E-state index in [1.165, 1.54) is 24.4 Å². The van der Waals surface area contributed by atoms with E-state index in [-0.39, 0.29) is 24.0 Å². The Kier molecular flexibility index (Phi) is 5.57. The van der Waals surface area contributed by atoms with E-state index in [4.69, 9.17) is 4.74 Å². The van der Waals surface area contributed by atoms with Gasteiger partial charge in [0.15, 0.2) is 5.82 Å². The van der Waals surface area contributed by atoms with Gasteiger partial charge in [0.05, 0.1) is 18.4 Å². The quantitative estimate of drug-likeness (QED) is 0.758. The highest BCUT2D eigenvalue weighted by atomic mass is 19.4. The van der Waals surface area contributed by atoms with Gasteiger partial charge in [-0.25, -0.2) is 9.37 Å². The number of hydrogen-bond donors (Lipinski definition) is 0. The van der Waals surface area contributed by atoms with Gasteiger partial charge in [-0.3, -0.25) is 9.78 Å². The average Bonchev–Trinajstić information content (AvgIpc) is 2.66. The summed E-state index contributed by atoms with van der Waals surface area (Å²) in [5.41, 5.74) is -1.02. The lowest BCUT2D eigenvalue weighted by molar-refractivity contribution is -0.141. The van der Waals surface area contributed by atoms with Crippen molar-refractivity contribution in [1.82, 2.24) is 14.9 Å². The second-order valence-electron chi connectivity index (χ2n) is 6.26. The first kappa shape index (κ1) is 19.1. The molecule has 5 nitrogen and oxygen atoms in total. The number of hydrogen-bond acceptors (Lipinski definition) is 4. The predicted molar refractivity (Wildman–Crippen MR) is 87.6 cm³/mol. The van der Waals surface area contributed by atoms with Crippen LogP contribution < -0.4 is 4.74 Å². The third-order valence-corrected chi connectivity index (χ3v) is 4.39. The van der Waals surface area contributed by atoms with Gasteiger partial charge in [-0.1, -0.05) is 6.07 Å². The number of amides is 1. The summed E-state index contributed by atoms with van der Waals surface area (Å²) in [6.07, 6.45) is -0.947. The van der Waals surface area contributed by atoms with Gasteiger partial charge in [-0.15, -0.1) is 0 Å². The summed E-state index contributed by atoms with van der Waals surface area (Å²) in [6, 6.07) is 4.84. The summed E-state index contributed by atoms with van der Waals surface area (Å²) in [7, 11) is 0. The highest BCUT2D eigenvalue weighted by Gasteiger charge is 2.33. The van der Waals surface area contributed by atoms with E-state index < -0.39 is 23.6 Å². The molecule has 0 unspecified atom stereocenters. The van der Waals surface area contributed by atoms with E-state index in [1.807, 2.05) is 0 Å². The SMILES string of the molecule is O=C(c1ccncc1F)N1CCC(COc2cccc(C(F)(F)F)n2)CC1. The Morgan fingerprint density at radius 2 is 1.96 bits per heavy atom. The van der Waals surface area contributed by atoms with Gasteiger partial charge < -0.3 is 9.64 Å². The van der Waals surface area contributed by atoms with Crippen LogP contribution in [0.25, 0.3) is 0 Å². The molecule has 1 amide bonds. The molecule has 27 heavy (non-hydrogen) atoms. The molecule has 0 aliphatic carbocycles. The van der Waals surface area contributed by atoms with Crippen LogP contribution in [0.2, 0.25) is 0 Å². The first-order chi connectivity index (χ1) is 12.8. The lowest BCUT2D eigenvalue weighted by atomic mass is 9.97. The standard InChI is InChI=1S/C18H17F4N3O2/c19-14-10-23-7-4-13(14)17(26)25-8-5-12(6-9-25)11-27-16-3-1-2-15(24-16)18(20,21)22/h1-4,7,10,12H,5-6,8-9,11H2. The van der Waals surface area contributed by atoms with E-state index >= 15 is 0 Å². The van der Waals surface area contributed by atoms with E-state index in [0.29, 0.717) is 25.9 Å². The van der Waals surface area contributed by atoms with Gasteiger partial charge in [0.2, 0.25) is 5.88 Å². The van der Waals surface area contributed by atoms with Crippen LogP contribution >= 0.6 is 0 Å². The topological polar surface area (TPSA) is 55.3 Å². The number of pyridine rings is 2. The first-order valence-corrected chi connectivity index (χ1v) is 8.40. The minimum Gasteiger partial charge on any atom is -0.477 e. The summed E-state index contributed by atoms with van der Waals surface area (Å²) >= 11 is 0. The lowest BCUT2D eigenvalue weighted by Gasteiger charge is -2.31. The number of likely N-dealkylation sites (tertiary alicyclic amines) is 1. The lowest BCUT2D eigenvalue weighted by Crippen LogP contribution is -2.40. The fourth-order valence-corrected chi connectivity index (χ4v) is 2.88. The fraction of sp³-hybridized carbons (Fsp3) is 0.389. The van der Waals surface area contributed by atoms with Crippen molar-refractivity contribution >= 4 is 5.91 Å². The maximum Gasteiger partial charge on any atom is 0.433 e. The van der Waals surface area contributed by atoms with Crippen molar-refractivity contribution in [3.63, 3.8) is 0 Å². The number of aromatic nitrogens is 2. The minimum absolute atomic E-state index is 0.0205. The van der Waals surface area contributed by atoms with Crippen LogP contribution in [-0.2, 0) is 6.18 Å². The van der Waals surface area contributed by atoms with E-state index in [9.17, 15) is 22.4 Å². The van der Waals surface area contributed by atoms with Crippen molar-refractivity contribution in [1.29, 1.82) is 0 Å². The Morgan fingerprint density at radius 3 is 2.63 bits per heavy atom. The van der Waals surface area contributed by atoms with Crippen molar-refractivity contribution in [2.45, 2.75) is 19.0 Å². The highest BCUT2D eigenvalue weighted by Crippen LogP contribution is 2.29. The van der Waals surface area contributed by atoms with Crippen LogP contribution in [0.4, 0.5) is 17.6 Å². The molecular formula is C18H17F4N3O2. The molecule has 1 fully saturated rings. The minimum atomic E-state index is -4.52. The van der Waals surface area contributed by atoms with Gasteiger partial charge in [0.25, 0.3) is 5.91 Å². The summed E-state index contributed by atoms with van der Waals surface area (Å²) in [4.78, 5) is 21.0. The van der Waals surface area contributed by atoms with E-state index in [2.05, 4.69) is 9.97 Å². The monoisotopic (exact) mass is 383 g/mol. The zero-order valence-corrected chi connectivity index (χ0v) is 14.2. The fourth-order valence-electron chi connectivity index (χ4n) is 2.88. The van der Waals surface area contributed by atoms with Gasteiger partial charge >= 0.3 is 6.18 Å². The van der Waals surface area contributed by atoms with Crippen molar-refractivity contribution in [3.05, 3.63) is 53.7 Å². The van der Waals surface area contributed by atoms with Crippen LogP contribution in [0.1, 0.15) is 28.9 Å². The molecule has 3 rings (SSSR count). The maximum atomic E-state index is 13.7. The summed E-state index contributed by atoms with van der Waals surface area (Å²) < 4.78 is 57.1. The first-order valence-electron chi connectivity index (χ1n) is 8.40. The molecule has 0 spiro atoms. The molecule has 2 aromatic rings. The summed E-state index contributed by atoms with van der Waals surface area (Å²) in [5.74, 6) is -1.06. The van der Waals surface area contributed by atoms with Crippen LogP contribution in [0, 0.1) is 11.7 Å². The largest absolute Gasteiger partial charge is 0.477 e. The Hall–Kier alpha value is -2.71. The molecule has 3 heterocycles. The Labute approximate surface area is 153 Å². The third kappa shape index (κ3) is 4.72. The second-order valence-corrected chi connectivity index (χ2v) is 6.26. The molecule has 2 aromatic heterocycles. The number of nitrogens with zero attached hydrogens (tertiary/aromatic N) is 3. The Balaban J connectivity index is 1.52. The van der Waals surface area contributed by atoms with Crippen molar-refractivity contribution in [2.24, 2.45) is 5.92 Å². The maximum absolute atomic E-state index is 13.7. The molecular weight excluding hydrogens is 366 g/mol. The number of piperidine rings is 1. The molecule has 1 saturated heterocycles. The summed E-state index contributed by atoms with van der Waals surface area (Å²) in [5, 5.41) is 0. The Morgan fingerprint density at radius 1 is 1.22 bits per heavy atom. The summed E-state index contributed by atoms with van der Waals surface area (Å²) in [6.45, 7) is 1.05. The zero-order valence-electron chi connectivity index (χ0n) is 14.2. The number of alkyl halides is 3. The number of rotatable bonds is 4. The number of ether oxygens (including phenoxy) is 1. The molecule has 1 aliphatic rings. The predicted octanol–water partition coefficient (Wildman–Crippen LogP) is 3.57. The van der Waals surface area contributed by atoms with Crippen LogP contribution in [0.5, 0.6) is 5.88 Å². The molecule has 0 saturated carbocycles. The van der Waals surface area contributed by atoms with Crippen molar-refractivity contribution in [3.8, 4) is 5.88 Å². The van der Waals surface area contributed by atoms with Gasteiger partial charge in [0.1, 0.15) is 5.69 Å². The highest BCUT2D eigenvalue weighted by molar-refractivity contribution is 5.94. The third-order valence-electron chi connectivity index (χ3n) is 4.39. The molecule has 144 valence electrons. The van der Waals surface area contributed by atoms with Gasteiger partial charge in [0, 0.05) is 25.4 Å². The number of carbonyl (C=O) groups is 1. The van der Waals surface area contributed by atoms with Gasteiger partial charge in [-0.2, -0.15) is 13.2 Å². The van der Waals surface area contributed by atoms with Crippen LogP contribution in [-0.4, -0.2) is 40.5 Å². The van der Waals surface area contributed by atoms with E-state index in [1.54, 1.807) is 4.90 Å². The molecule has 0 radical (unpaired) electrons. The Bertz CT molecular complexity index is 805. The molecule has 0 N–H and O–H groups in total. The average molecular weight is 383 g/mol. The molecule has 0 aromatic carbocycles.